The third kappa shape index (κ3) is 5.89. The molecular formula is C20H24N2O4S. The second-order valence-corrected chi connectivity index (χ2v) is 8.46. The summed E-state index contributed by atoms with van der Waals surface area (Å²) in [6.07, 6.45) is 0.907. The lowest BCUT2D eigenvalue weighted by molar-refractivity contribution is -0.129. The van der Waals surface area contributed by atoms with Crippen LogP contribution in [-0.2, 0) is 26.0 Å². The molecule has 1 saturated heterocycles. The zero-order chi connectivity index (χ0) is 19.1. The van der Waals surface area contributed by atoms with Gasteiger partial charge in [0.1, 0.15) is 6.61 Å². The van der Waals surface area contributed by atoms with Crippen molar-refractivity contribution in [3.8, 4) is 0 Å². The predicted molar refractivity (Wildman–Crippen MR) is 105 cm³/mol. The zero-order valence-corrected chi connectivity index (χ0v) is 15.9. The van der Waals surface area contributed by atoms with Crippen LogP contribution in [0, 0.1) is 0 Å². The number of morpholine rings is 1. The van der Waals surface area contributed by atoms with Crippen LogP contribution in [-0.4, -0.2) is 45.9 Å². The molecule has 27 heavy (non-hydrogen) atoms. The Morgan fingerprint density at radius 1 is 1.04 bits per heavy atom. The molecule has 1 N–H and O–H groups in total. The second kappa shape index (κ2) is 9.12. The number of carbonyl (C=O) groups is 1. The molecule has 1 fully saturated rings. The largest absolute Gasteiger partial charge is 0.365 e. The fraction of sp³-hybridized carbons (Fsp3) is 0.350. The van der Waals surface area contributed by atoms with E-state index in [0.717, 1.165) is 17.7 Å². The molecule has 1 heterocycles. The molecule has 144 valence electrons. The van der Waals surface area contributed by atoms with Gasteiger partial charge >= 0.3 is 0 Å². The van der Waals surface area contributed by atoms with Gasteiger partial charge in [-0.2, -0.15) is 0 Å². The number of hydrogen-bond acceptors (Lipinski definition) is 4. The average molecular weight is 388 g/mol. The topological polar surface area (TPSA) is 75.7 Å². The number of nitrogens with zero attached hydrogens (tertiary/aromatic N) is 1. The lowest BCUT2D eigenvalue weighted by atomic mass is 10.1. The van der Waals surface area contributed by atoms with Crippen molar-refractivity contribution < 1.29 is 17.9 Å². The van der Waals surface area contributed by atoms with Crippen LogP contribution in [0.3, 0.4) is 0 Å². The summed E-state index contributed by atoms with van der Waals surface area (Å²) in [5.74, 6) is -0.0566. The van der Waals surface area contributed by atoms with E-state index in [4.69, 9.17) is 4.74 Å². The van der Waals surface area contributed by atoms with Gasteiger partial charge in [-0.15, -0.1) is 0 Å². The van der Waals surface area contributed by atoms with Gasteiger partial charge in [0.25, 0.3) is 5.91 Å². The van der Waals surface area contributed by atoms with Crippen molar-refractivity contribution in [3.05, 3.63) is 66.2 Å². The molecule has 0 aliphatic carbocycles. The first-order valence-electron chi connectivity index (χ1n) is 9.02. The molecular weight excluding hydrogens is 364 g/mol. The van der Waals surface area contributed by atoms with Crippen LogP contribution in [0.15, 0.2) is 60.7 Å². The summed E-state index contributed by atoms with van der Waals surface area (Å²) < 4.78 is 32.6. The van der Waals surface area contributed by atoms with Crippen LogP contribution in [0.1, 0.15) is 12.0 Å². The van der Waals surface area contributed by atoms with Crippen LogP contribution < -0.4 is 9.62 Å². The Morgan fingerprint density at radius 3 is 2.41 bits per heavy atom. The Morgan fingerprint density at radius 2 is 1.70 bits per heavy atom. The van der Waals surface area contributed by atoms with Gasteiger partial charge in [0.05, 0.1) is 18.4 Å². The normalized spacial score (nSPS) is 17.9. The number of rotatable bonds is 8. The number of nitrogens with one attached hydrogen (secondary N) is 1. The number of para-hydroxylation sites is 1. The average Bonchev–Trinajstić information content (AvgIpc) is 2.69. The van der Waals surface area contributed by atoms with Gasteiger partial charge in [-0.3, -0.25) is 4.79 Å². The first kappa shape index (κ1) is 19.5. The molecule has 2 aromatic carbocycles. The van der Waals surface area contributed by atoms with Gasteiger partial charge in [0.2, 0.25) is 10.0 Å². The summed E-state index contributed by atoms with van der Waals surface area (Å²) >= 11 is 0. The Bertz CT molecular complexity index is 841. The third-order valence-electron chi connectivity index (χ3n) is 4.45. The molecule has 0 saturated carbocycles. The number of ether oxygens (including phenoxy) is 1. The number of carbonyl (C=O) groups excluding carboxylic acids is 1. The van der Waals surface area contributed by atoms with E-state index in [9.17, 15) is 13.2 Å². The quantitative estimate of drug-likeness (QED) is 0.750. The molecule has 1 aliphatic heterocycles. The van der Waals surface area contributed by atoms with Gasteiger partial charge < -0.3 is 9.64 Å². The Hall–Kier alpha value is -2.22. The summed E-state index contributed by atoms with van der Waals surface area (Å²) in [4.78, 5) is 13.7. The molecule has 6 nitrogen and oxygen atoms in total. The standard InChI is InChI=1S/C20H24N2O4S/c23-20-16-26-19(15-22(20)18-11-5-2-6-12-18)14-21-27(24,25)13-7-10-17-8-3-1-4-9-17/h1-6,8-9,11-12,19,21H,7,10,13-16H2. The molecule has 1 aliphatic rings. The molecule has 2 aromatic rings. The molecule has 0 bridgehead atoms. The van der Waals surface area contributed by atoms with Crippen molar-refractivity contribution in [1.29, 1.82) is 0 Å². The Balaban J connectivity index is 1.47. The fourth-order valence-electron chi connectivity index (χ4n) is 3.01. The zero-order valence-electron chi connectivity index (χ0n) is 15.1. The predicted octanol–water partition coefficient (Wildman–Crippen LogP) is 1.97. The SMILES string of the molecule is O=C1COC(CNS(=O)(=O)CCCc2ccccc2)CN1c1ccccc1. The van der Waals surface area contributed by atoms with Crippen molar-refractivity contribution in [1.82, 2.24) is 4.72 Å². The van der Waals surface area contributed by atoms with Gasteiger partial charge in [-0.25, -0.2) is 13.1 Å². The van der Waals surface area contributed by atoms with Gasteiger partial charge in [0.15, 0.2) is 0 Å². The molecule has 7 heteroatoms. The number of benzene rings is 2. The highest BCUT2D eigenvalue weighted by Gasteiger charge is 2.28. The van der Waals surface area contributed by atoms with E-state index in [1.54, 1.807) is 4.90 Å². The Labute approximate surface area is 160 Å². The third-order valence-corrected chi connectivity index (χ3v) is 5.88. The van der Waals surface area contributed by atoms with Crippen LogP contribution in [0.25, 0.3) is 0 Å². The van der Waals surface area contributed by atoms with Gasteiger partial charge in [0, 0.05) is 12.2 Å². The monoisotopic (exact) mass is 388 g/mol. The first-order chi connectivity index (χ1) is 13.0. The first-order valence-corrected chi connectivity index (χ1v) is 10.7. The van der Waals surface area contributed by atoms with E-state index in [1.807, 2.05) is 60.7 Å². The lowest BCUT2D eigenvalue weighted by Crippen LogP contribution is -2.50. The van der Waals surface area contributed by atoms with Gasteiger partial charge in [-0.1, -0.05) is 48.5 Å². The van der Waals surface area contributed by atoms with Crippen molar-refractivity contribution in [2.24, 2.45) is 0 Å². The van der Waals surface area contributed by atoms with Crippen molar-refractivity contribution in [3.63, 3.8) is 0 Å². The van der Waals surface area contributed by atoms with Crippen LogP contribution in [0.4, 0.5) is 5.69 Å². The highest BCUT2D eigenvalue weighted by Crippen LogP contribution is 2.18. The summed E-state index contributed by atoms with van der Waals surface area (Å²) in [5, 5.41) is 0. The summed E-state index contributed by atoms with van der Waals surface area (Å²) in [6.45, 7) is 0.439. The molecule has 0 radical (unpaired) electrons. The molecule has 0 spiro atoms. The maximum atomic E-state index is 12.2. The number of sulfonamides is 1. The number of anilines is 1. The molecule has 1 atom stereocenters. The highest BCUT2D eigenvalue weighted by molar-refractivity contribution is 7.89. The van der Waals surface area contributed by atoms with E-state index in [0.29, 0.717) is 13.0 Å². The molecule has 0 aromatic heterocycles. The minimum absolute atomic E-state index is 0.0463. The van der Waals surface area contributed by atoms with Crippen molar-refractivity contribution in [2.75, 3.05) is 30.3 Å². The van der Waals surface area contributed by atoms with Crippen LogP contribution in [0.5, 0.6) is 0 Å². The van der Waals surface area contributed by atoms with E-state index in [1.165, 1.54) is 0 Å². The number of hydrogen-bond donors (Lipinski definition) is 1. The van der Waals surface area contributed by atoms with E-state index >= 15 is 0 Å². The Kier molecular flexibility index (Phi) is 6.60. The van der Waals surface area contributed by atoms with Gasteiger partial charge in [-0.05, 0) is 30.5 Å². The summed E-state index contributed by atoms with van der Waals surface area (Å²) in [7, 11) is -3.38. The minimum atomic E-state index is -3.38. The highest BCUT2D eigenvalue weighted by atomic mass is 32.2. The van der Waals surface area contributed by atoms with Crippen LogP contribution in [0.2, 0.25) is 0 Å². The smallest absolute Gasteiger partial charge is 0.253 e. The van der Waals surface area contributed by atoms with E-state index in [2.05, 4.69) is 4.72 Å². The fourth-order valence-corrected chi connectivity index (χ4v) is 4.12. The second-order valence-electron chi connectivity index (χ2n) is 6.53. The minimum Gasteiger partial charge on any atom is -0.365 e. The van der Waals surface area contributed by atoms with Crippen molar-refractivity contribution >= 4 is 21.6 Å². The van der Waals surface area contributed by atoms with Crippen molar-refractivity contribution in [2.45, 2.75) is 18.9 Å². The van der Waals surface area contributed by atoms with E-state index in [-0.39, 0.29) is 30.9 Å². The number of amides is 1. The maximum absolute atomic E-state index is 12.2. The maximum Gasteiger partial charge on any atom is 0.253 e. The summed E-state index contributed by atoms with van der Waals surface area (Å²) in [5.41, 5.74) is 1.92. The van der Waals surface area contributed by atoms with E-state index < -0.39 is 10.0 Å². The molecule has 3 rings (SSSR count). The molecule has 1 amide bonds. The lowest BCUT2D eigenvalue weighted by Gasteiger charge is -2.32. The van der Waals surface area contributed by atoms with Crippen LogP contribution >= 0.6 is 0 Å². The summed E-state index contributed by atoms with van der Waals surface area (Å²) in [6, 6.07) is 19.1. The molecule has 1 unspecified atom stereocenters. The number of aryl methyl sites for hydroxylation is 1.